The molecule has 0 aliphatic rings. The summed E-state index contributed by atoms with van der Waals surface area (Å²) in [6.45, 7) is 11.4. The summed E-state index contributed by atoms with van der Waals surface area (Å²) in [6, 6.07) is 0. The number of unbranched alkanes of at least 4 members (excludes halogenated alkanes) is 41. The lowest BCUT2D eigenvalue weighted by atomic mass is 10.0. The van der Waals surface area contributed by atoms with Crippen LogP contribution in [0.25, 0.3) is 0 Å². The van der Waals surface area contributed by atoms with Crippen molar-refractivity contribution < 1.29 is 28.6 Å². The summed E-state index contributed by atoms with van der Waals surface area (Å²) in [7, 11) is 0. The molecule has 1 atom stereocenters. The van der Waals surface area contributed by atoms with Gasteiger partial charge in [-0.2, -0.15) is 0 Å². The predicted octanol–water partition coefficient (Wildman–Crippen LogP) is 20.4. The largest absolute Gasteiger partial charge is 0.462 e. The van der Waals surface area contributed by atoms with Gasteiger partial charge in [-0.15, -0.1) is 0 Å². The molecule has 0 N–H and O–H groups in total. The normalized spacial score (nSPS) is 12.0. The van der Waals surface area contributed by atoms with E-state index < -0.39 is 6.10 Å². The highest BCUT2D eigenvalue weighted by molar-refractivity contribution is 5.71. The summed E-state index contributed by atoms with van der Waals surface area (Å²) in [4.78, 5) is 38.2. The molecular formula is C62H120O6. The molecular weight excluding hydrogens is 841 g/mol. The van der Waals surface area contributed by atoms with Gasteiger partial charge in [0.2, 0.25) is 0 Å². The molecule has 0 aromatic rings. The zero-order valence-electron chi connectivity index (χ0n) is 46.7. The van der Waals surface area contributed by atoms with Gasteiger partial charge in [-0.05, 0) is 31.1 Å². The molecule has 0 fully saturated rings. The number of carbonyl (C=O) groups is 3. The van der Waals surface area contributed by atoms with E-state index in [0.717, 1.165) is 69.6 Å². The molecule has 0 aromatic carbocycles. The van der Waals surface area contributed by atoms with Crippen LogP contribution in [0, 0.1) is 11.8 Å². The number of hydrogen-bond donors (Lipinski definition) is 0. The highest BCUT2D eigenvalue weighted by Crippen LogP contribution is 2.19. The molecule has 0 saturated carbocycles. The van der Waals surface area contributed by atoms with Crippen molar-refractivity contribution in [3.05, 3.63) is 0 Å². The summed E-state index contributed by atoms with van der Waals surface area (Å²) >= 11 is 0. The number of esters is 3. The Labute approximate surface area is 425 Å². The fourth-order valence-corrected chi connectivity index (χ4v) is 9.58. The molecule has 6 nitrogen and oxygen atoms in total. The molecule has 404 valence electrons. The highest BCUT2D eigenvalue weighted by Gasteiger charge is 2.19. The van der Waals surface area contributed by atoms with E-state index in [4.69, 9.17) is 14.2 Å². The van der Waals surface area contributed by atoms with Crippen LogP contribution in [0.4, 0.5) is 0 Å². The van der Waals surface area contributed by atoms with E-state index in [1.165, 1.54) is 238 Å². The molecule has 0 heterocycles. The smallest absolute Gasteiger partial charge is 0.306 e. The summed E-state index contributed by atoms with van der Waals surface area (Å²) < 4.78 is 16.9. The maximum absolute atomic E-state index is 12.9. The van der Waals surface area contributed by atoms with E-state index in [1.807, 2.05) is 0 Å². The van der Waals surface area contributed by atoms with Crippen molar-refractivity contribution in [3.8, 4) is 0 Å². The van der Waals surface area contributed by atoms with Gasteiger partial charge in [-0.3, -0.25) is 14.4 Å². The lowest BCUT2D eigenvalue weighted by molar-refractivity contribution is -0.167. The third kappa shape index (κ3) is 55.3. The minimum atomic E-state index is -0.763. The van der Waals surface area contributed by atoms with Crippen LogP contribution in [0.2, 0.25) is 0 Å². The second kappa shape index (κ2) is 54.7. The Kier molecular flexibility index (Phi) is 53.5. The van der Waals surface area contributed by atoms with Crippen LogP contribution in [0.5, 0.6) is 0 Å². The zero-order valence-corrected chi connectivity index (χ0v) is 46.7. The number of rotatable bonds is 56. The summed E-state index contributed by atoms with van der Waals surface area (Å²) in [5.74, 6) is 0.860. The number of carbonyl (C=O) groups excluding carboxylic acids is 3. The fraction of sp³-hybridized carbons (Fsp3) is 0.952. The van der Waals surface area contributed by atoms with E-state index >= 15 is 0 Å². The van der Waals surface area contributed by atoms with Crippen LogP contribution in [-0.4, -0.2) is 37.2 Å². The van der Waals surface area contributed by atoms with Crippen molar-refractivity contribution >= 4 is 17.9 Å². The van der Waals surface area contributed by atoms with Gasteiger partial charge in [-0.25, -0.2) is 0 Å². The summed E-state index contributed by atoms with van der Waals surface area (Å²) in [6.07, 6.45) is 59.5. The van der Waals surface area contributed by atoms with Gasteiger partial charge in [0.05, 0.1) is 0 Å². The molecule has 68 heavy (non-hydrogen) atoms. The highest BCUT2D eigenvalue weighted by atomic mass is 16.6. The lowest BCUT2D eigenvalue weighted by Crippen LogP contribution is -2.30. The van der Waals surface area contributed by atoms with E-state index in [-0.39, 0.29) is 31.1 Å². The zero-order chi connectivity index (χ0) is 49.6. The van der Waals surface area contributed by atoms with E-state index in [0.29, 0.717) is 19.3 Å². The van der Waals surface area contributed by atoms with E-state index in [2.05, 4.69) is 34.6 Å². The standard InChI is InChI=1S/C62H120O6/c1-6-7-8-9-10-11-12-13-15-24-29-34-39-44-49-54-62(65)68-59(56-67-61(64)53-48-43-38-33-28-23-19-18-21-26-31-36-41-46-51-58(4)5)55-66-60(63)52-47-42-37-32-27-22-17-14-16-20-25-30-35-40-45-50-57(2)3/h57-59H,6-56H2,1-5H3/t59-/m1/s1. The first-order chi connectivity index (χ1) is 33.2. The van der Waals surface area contributed by atoms with Crippen LogP contribution >= 0.6 is 0 Å². The Morgan fingerprint density at radius 3 is 0.721 bits per heavy atom. The second-order valence-electron chi connectivity index (χ2n) is 22.3. The van der Waals surface area contributed by atoms with E-state index in [1.54, 1.807) is 0 Å². The SMILES string of the molecule is CCCCCCCCCCCCCCCCCC(=O)O[C@H](COC(=O)CCCCCCCCCCCCCCCCCC(C)C)COC(=O)CCCCCCCCCCCCCCCCC(C)C. The molecule has 0 radical (unpaired) electrons. The Morgan fingerprint density at radius 2 is 0.485 bits per heavy atom. The summed E-state index contributed by atoms with van der Waals surface area (Å²) in [5.41, 5.74) is 0. The number of hydrogen-bond acceptors (Lipinski definition) is 6. The maximum atomic E-state index is 12.9. The minimum absolute atomic E-state index is 0.0621. The molecule has 0 spiro atoms. The summed E-state index contributed by atoms with van der Waals surface area (Å²) in [5, 5.41) is 0. The molecule has 0 aliphatic heterocycles. The van der Waals surface area contributed by atoms with Gasteiger partial charge < -0.3 is 14.2 Å². The van der Waals surface area contributed by atoms with Gasteiger partial charge in [-0.1, -0.05) is 311 Å². The van der Waals surface area contributed by atoms with Gasteiger partial charge >= 0.3 is 17.9 Å². The van der Waals surface area contributed by atoms with Gasteiger partial charge in [0.15, 0.2) is 6.10 Å². The molecule has 0 bridgehead atoms. The second-order valence-corrected chi connectivity index (χ2v) is 22.3. The average molecular weight is 962 g/mol. The first-order valence-electron chi connectivity index (χ1n) is 30.7. The van der Waals surface area contributed by atoms with Crippen LogP contribution in [0.3, 0.4) is 0 Å². The van der Waals surface area contributed by atoms with Crippen molar-refractivity contribution in [1.82, 2.24) is 0 Å². The molecule has 0 saturated heterocycles. The molecule has 6 heteroatoms. The van der Waals surface area contributed by atoms with Crippen molar-refractivity contribution in [2.75, 3.05) is 13.2 Å². The maximum Gasteiger partial charge on any atom is 0.306 e. The minimum Gasteiger partial charge on any atom is -0.462 e. The van der Waals surface area contributed by atoms with Crippen LogP contribution < -0.4 is 0 Å². The fourth-order valence-electron chi connectivity index (χ4n) is 9.58. The topological polar surface area (TPSA) is 78.9 Å². The lowest BCUT2D eigenvalue weighted by Gasteiger charge is -2.18. The Hall–Kier alpha value is -1.59. The monoisotopic (exact) mass is 961 g/mol. The van der Waals surface area contributed by atoms with Crippen molar-refractivity contribution in [2.45, 2.75) is 355 Å². The first-order valence-corrected chi connectivity index (χ1v) is 30.7. The van der Waals surface area contributed by atoms with Crippen molar-refractivity contribution in [2.24, 2.45) is 11.8 Å². The Balaban J connectivity index is 4.29. The number of ether oxygens (including phenoxy) is 3. The van der Waals surface area contributed by atoms with Crippen LogP contribution in [0.1, 0.15) is 349 Å². The third-order valence-electron chi connectivity index (χ3n) is 14.2. The van der Waals surface area contributed by atoms with Crippen LogP contribution in [0.15, 0.2) is 0 Å². The predicted molar refractivity (Wildman–Crippen MR) is 293 cm³/mol. The molecule has 0 unspecified atom stereocenters. The molecule has 0 aliphatic carbocycles. The molecule has 0 rings (SSSR count). The average Bonchev–Trinajstić information content (AvgIpc) is 3.31. The van der Waals surface area contributed by atoms with Gasteiger partial charge in [0.25, 0.3) is 0 Å². The van der Waals surface area contributed by atoms with Crippen molar-refractivity contribution in [1.29, 1.82) is 0 Å². The van der Waals surface area contributed by atoms with Gasteiger partial charge in [0.1, 0.15) is 13.2 Å². The first kappa shape index (κ1) is 66.4. The molecule has 0 aromatic heterocycles. The van der Waals surface area contributed by atoms with Crippen molar-refractivity contribution in [3.63, 3.8) is 0 Å². The molecule has 0 amide bonds. The Bertz CT molecular complexity index is 1040. The van der Waals surface area contributed by atoms with Gasteiger partial charge in [0, 0.05) is 19.3 Å². The Morgan fingerprint density at radius 1 is 0.279 bits per heavy atom. The van der Waals surface area contributed by atoms with Crippen LogP contribution in [-0.2, 0) is 28.6 Å². The third-order valence-corrected chi connectivity index (χ3v) is 14.2. The van der Waals surface area contributed by atoms with E-state index in [9.17, 15) is 14.4 Å². The quantitative estimate of drug-likeness (QED) is 0.0343.